The molecule has 5 heteroatoms. The van der Waals surface area contributed by atoms with E-state index in [9.17, 15) is 8.42 Å². The van der Waals surface area contributed by atoms with Crippen LogP contribution in [-0.2, 0) is 14.6 Å². The molecule has 0 aliphatic rings. The average molecular weight is 113 g/mol. The molecule has 0 rings (SSSR count). The summed E-state index contributed by atoms with van der Waals surface area (Å²) in [5.74, 6) is 0. The molecule has 0 aliphatic carbocycles. The van der Waals surface area contributed by atoms with Crippen LogP contribution in [0.5, 0.6) is 0 Å². The van der Waals surface area contributed by atoms with Gasteiger partial charge in [-0.25, -0.2) is 0 Å². The molecular formula is CH4O4S. The highest BCUT2D eigenvalue weighted by atomic mass is 32.3. The van der Waals surface area contributed by atoms with Gasteiger partial charge in [-0.2, -0.15) is 8.42 Å². The molecule has 4 nitrogen and oxygen atoms in total. The quantitative estimate of drug-likeness (QED) is 0.487. The van der Waals surface area contributed by atoms with Crippen molar-refractivity contribution in [3.8, 4) is 0 Å². The minimum Gasteiger partial charge on any atom is -0.264 e. The SMILES string of the molecule is [2H]OS(=O)(=O)OC. The summed E-state index contributed by atoms with van der Waals surface area (Å²) >= 11 is 0. The topological polar surface area (TPSA) is 63.6 Å². The van der Waals surface area contributed by atoms with E-state index in [0.717, 1.165) is 7.11 Å². The molecule has 38 valence electrons. The summed E-state index contributed by atoms with van der Waals surface area (Å²) in [5, 5.41) is 0. The maximum absolute atomic E-state index is 9.74. The van der Waals surface area contributed by atoms with E-state index >= 15 is 0 Å². The summed E-state index contributed by atoms with van der Waals surface area (Å²) in [7, 11) is -3.08. The Hall–Kier alpha value is -0.130. The van der Waals surface area contributed by atoms with Gasteiger partial charge in [0.2, 0.25) is 1.43 Å². The van der Waals surface area contributed by atoms with Gasteiger partial charge in [0.15, 0.2) is 0 Å². The van der Waals surface area contributed by atoms with Gasteiger partial charge in [0.1, 0.15) is 0 Å². The Morgan fingerprint density at radius 3 is 2.50 bits per heavy atom. The van der Waals surface area contributed by atoms with Crippen molar-refractivity contribution in [1.82, 2.24) is 0 Å². The third-order valence-electron chi connectivity index (χ3n) is 0.204. The Kier molecular flexibility index (Phi) is 1.04. The van der Waals surface area contributed by atoms with Gasteiger partial charge in [0.25, 0.3) is 0 Å². The van der Waals surface area contributed by atoms with Crippen LogP contribution < -0.4 is 0 Å². The molecule has 1 N–H and O–H groups in total. The smallest absolute Gasteiger partial charge is 0.264 e. The van der Waals surface area contributed by atoms with Gasteiger partial charge in [-0.15, -0.1) is 0 Å². The molecule has 0 heterocycles. The Bertz CT molecular complexity index is 115. The summed E-state index contributed by atoms with van der Waals surface area (Å²) < 4.78 is 32.0. The first-order valence-electron chi connectivity index (χ1n) is 1.48. The van der Waals surface area contributed by atoms with Crippen LogP contribution in [0.25, 0.3) is 1.43 Å². The molecule has 0 aromatic rings. The lowest BCUT2D eigenvalue weighted by atomic mass is 11.8. The van der Waals surface area contributed by atoms with Crippen molar-refractivity contribution in [2.24, 2.45) is 0 Å². The molecule has 0 unspecified atom stereocenters. The van der Waals surface area contributed by atoms with Gasteiger partial charge in [-0.05, 0) is 0 Å². The molecule has 0 spiro atoms. The van der Waals surface area contributed by atoms with Gasteiger partial charge in [-0.3, -0.25) is 8.74 Å². The lowest BCUT2D eigenvalue weighted by Gasteiger charge is -1.82. The second-order valence-electron chi connectivity index (χ2n) is 0.575. The number of rotatable bonds is 2. The van der Waals surface area contributed by atoms with E-state index in [-0.39, 0.29) is 0 Å². The molecule has 0 amide bonds. The van der Waals surface area contributed by atoms with Crippen molar-refractivity contribution in [2.75, 3.05) is 7.11 Å². The van der Waals surface area contributed by atoms with Crippen molar-refractivity contribution in [2.45, 2.75) is 0 Å². The fourth-order valence-electron chi connectivity index (χ4n) is 0. The second-order valence-corrected chi connectivity index (χ2v) is 1.72. The van der Waals surface area contributed by atoms with E-state index in [4.69, 9.17) is 1.43 Å². The van der Waals surface area contributed by atoms with Gasteiger partial charge >= 0.3 is 10.4 Å². The summed E-state index contributed by atoms with van der Waals surface area (Å²) in [6.45, 7) is 0. The third-order valence-corrected chi connectivity index (χ3v) is 0.612. The zero-order valence-corrected chi connectivity index (χ0v) is 3.86. The highest BCUT2D eigenvalue weighted by Crippen LogP contribution is 1.74. The number of hydrogen-bond donors (Lipinski definition) is 1. The van der Waals surface area contributed by atoms with Gasteiger partial charge in [-0.1, -0.05) is 0 Å². The van der Waals surface area contributed by atoms with Crippen LogP contribution in [0.4, 0.5) is 0 Å². The van der Waals surface area contributed by atoms with Crippen LogP contribution in [0.15, 0.2) is 0 Å². The molecule has 0 radical (unpaired) electrons. The van der Waals surface area contributed by atoms with Crippen molar-refractivity contribution >= 4 is 10.4 Å². The minimum atomic E-state index is -3.99. The van der Waals surface area contributed by atoms with Crippen LogP contribution >= 0.6 is 0 Å². The maximum atomic E-state index is 9.74. The fraction of sp³-hybridized carbons (Fsp3) is 1.00. The van der Waals surface area contributed by atoms with E-state index in [1.165, 1.54) is 0 Å². The summed E-state index contributed by atoms with van der Waals surface area (Å²) in [6.07, 6.45) is 0. The minimum absolute atomic E-state index is 0.907. The van der Waals surface area contributed by atoms with Gasteiger partial charge in [0, 0.05) is 0 Å². The predicted octanol–water partition coefficient (Wildman–Crippen LogP) is -0.564. The Balaban J connectivity index is 3.89. The zero-order valence-electron chi connectivity index (χ0n) is 4.04. The van der Waals surface area contributed by atoms with Crippen molar-refractivity contribution in [3.63, 3.8) is 0 Å². The van der Waals surface area contributed by atoms with Gasteiger partial charge in [0.05, 0.1) is 7.11 Å². The maximum Gasteiger partial charge on any atom is 0.397 e. The monoisotopic (exact) mass is 113 g/mol. The van der Waals surface area contributed by atoms with Crippen LogP contribution in [-0.4, -0.2) is 20.1 Å². The first-order chi connectivity index (χ1) is 3.12. The standard InChI is InChI=1S/CH4O4S/c1-5-6(2,3)4/h1H3,(H,2,3,4)/i/hD. The summed E-state index contributed by atoms with van der Waals surface area (Å²) in [5.41, 5.74) is 0. The van der Waals surface area contributed by atoms with E-state index in [2.05, 4.69) is 8.74 Å². The second kappa shape index (κ2) is 1.55. The fourth-order valence-corrected chi connectivity index (χ4v) is 0. The Labute approximate surface area is 37.2 Å². The van der Waals surface area contributed by atoms with Crippen LogP contribution in [0.1, 0.15) is 0 Å². The first-order valence-corrected chi connectivity index (χ1v) is 2.41. The largest absolute Gasteiger partial charge is 0.397 e. The molecule has 0 aromatic heterocycles. The molecule has 0 aromatic carbocycles. The van der Waals surface area contributed by atoms with Crippen LogP contribution in [0.2, 0.25) is 0 Å². The predicted molar refractivity (Wildman–Crippen MR) is 18.6 cm³/mol. The molecular weight excluding hydrogens is 108 g/mol. The molecule has 0 atom stereocenters. The molecule has 0 saturated carbocycles. The number of hydrogen-bond acceptors (Lipinski definition) is 4. The van der Waals surface area contributed by atoms with E-state index in [0.29, 0.717) is 0 Å². The van der Waals surface area contributed by atoms with Crippen LogP contribution in [0, 0.1) is 0 Å². The van der Waals surface area contributed by atoms with E-state index in [1.54, 1.807) is 0 Å². The molecule has 0 fully saturated rings. The zero-order chi connectivity index (χ0) is 5.91. The third kappa shape index (κ3) is 3.87. The lowest BCUT2D eigenvalue weighted by Crippen LogP contribution is -1.96. The van der Waals surface area contributed by atoms with Gasteiger partial charge < -0.3 is 0 Å². The normalized spacial score (nSPS) is 13.8. The molecule has 0 aliphatic heterocycles. The molecule has 6 heavy (non-hydrogen) atoms. The highest BCUT2D eigenvalue weighted by molar-refractivity contribution is 7.80. The summed E-state index contributed by atoms with van der Waals surface area (Å²) in [4.78, 5) is 0. The Morgan fingerprint density at radius 2 is 2.50 bits per heavy atom. The molecule has 0 saturated heterocycles. The van der Waals surface area contributed by atoms with E-state index < -0.39 is 10.4 Å². The van der Waals surface area contributed by atoms with E-state index in [1.807, 2.05) is 0 Å². The van der Waals surface area contributed by atoms with Crippen molar-refractivity contribution < 1.29 is 17.2 Å². The average Bonchev–Trinajstić information content (AvgIpc) is 1.68. The lowest BCUT2D eigenvalue weighted by molar-refractivity contribution is 0.324. The Morgan fingerprint density at radius 1 is 2.00 bits per heavy atom. The van der Waals surface area contributed by atoms with Crippen molar-refractivity contribution in [3.05, 3.63) is 0 Å². The molecule has 0 bridgehead atoms. The first kappa shape index (κ1) is 4.04. The highest BCUT2D eigenvalue weighted by Gasteiger charge is 1.93. The van der Waals surface area contributed by atoms with Crippen molar-refractivity contribution in [1.29, 1.82) is 1.43 Å². The summed E-state index contributed by atoms with van der Waals surface area (Å²) in [6, 6.07) is 0. The van der Waals surface area contributed by atoms with Crippen LogP contribution in [0.3, 0.4) is 0 Å².